The van der Waals surface area contributed by atoms with Gasteiger partial charge in [0.05, 0.1) is 19.1 Å². The molecule has 1 N–H and O–H groups in total. The van der Waals surface area contributed by atoms with E-state index in [1.54, 1.807) is 0 Å². The second-order valence-electron chi connectivity index (χ2n) is 2.53. The summed E-state index contributed by atoms with van der Waals surface area (Å²) in [5.41, 5.74) is 0. The van der Waals surface area contributed by atoms with Crippen LogP contribution in [0.1, 0.15) is 19.8 Å². The molecule has 0 aliphatic carbocycles. The quantitative estimate of drug-likeness (QED) is 0.657. The van der Waals surface area contributed by atoms with Crippen molar-refractivity contribution in [1.82, 2.24) is 0 Å². The normalized spacial score (nSPS) is 30.6. The summed E-state index contributed by atoms with van der Waals surface area (Å²) < 4.78 is 10.3. The van der Waals surface area contributed by atoms with E-state index in [0.717, 1.165) is 6.42 Å². The highest BCUT2D eigenvalue weighted by atomic mass is 16.7. The van der Waals surface area contributed by atoms with Gasteiger partial charge in [0, 0.05) is 0 Å². The van der Waals surface area contributed by atoms with Crippen LogP contribution in [0.4, 0.5) is 0 Å². The molecule has 1 rings (SSSR count). The van der Waals surface area contributed by atoms with Crippen LogP contribution in [0.3, 0.4) is 0 Å². The topological polar surface area (TPSA) is 55.8 Å². The van der Waals surface area contributed by atoms with Crippen LogP contribution in [-0.4, -0.2) is 30.1 Å². The molecule has 4 nitrogen and oxygen atoms in total. The molecular formula is C7H12O4. The average Bonchev–Trinajstić information content (AvgIpc) is 2.34. The molecule has 0 radical (unpaired) electrons. The lowest BCUT2D eigenvalue weighted by atomic mass is 10.3. The minimum Gasteiger partial charge on any atom is -0.481 e. The molecule has 0 aromatic heterocycles. The summed E-state index contributed by atoms with van der Waals surface area (Å²) in [6, 6.07) is 0. The highest BCUT2D eigenvalue weighted by molar-refractivity contribution is 5.67. The Morgan fingerprint density at radius 1 is 1.73 bits per heavy atom. The molecule has 0 aromatic carbocycles. The molecule has 0 amide bonds. The molecule has 2 unspecified atom stereocenters. The molecule has 11 heavy (non-hydrogen) atoms. The lowest BCUT2D eigenvalue weighted by Gasteiger charge is -2.06. The van der Waals surface area contributed by atoms with Crippen molar-refractivity contribution in [3.05, 3.63) is 0 Å². The number of ether oxygens (including phenoxy) is 2. The lowest BCUT2D eigenvalue weighted by molar-refractivity contribution is -0.140. The summed E-state index contributed by atoms with van der Waals surface area (Å²) in [5.74, 6) is -0.838. The Kier molecular flexibility index (Phi) is 2.84. The minimum absolute atomic E-state index is 0.0382. The van der Waals surface area contributed by atoms with Crippen molar-refractivity contribution >= 4 is 5.97 Å². The third kappa shape index (κ3) is 2.48. The first-order valence-corrected chi connectivity index (χ1v) is 3.71. The fraction of sp³-hybridized carbons (Fsp3) is 0.857. The van der Waals surface area contributed by atoms with Gasteiger partial charge in [0.1, 0.15) is 0 Å². The predicted octanol–water partition coefficient (Wildman–Crippen LogP) is 0.613. The van der Waals surface area contributed by atoms with Crippen molar-refractivity contribution in [2.75, 3.05) is 6.61 Å². The molecule has 1 heterocycles. The SMILES string of the molecule is CCC1OCC(CC(=O)O)O1. The van der Waals surface area contributed by atoms with E-state index in [4.69, 9.17) is 14.6 Å². The number of hydrogen-bond acceptors (Lipinski definition) is 3. The Bertz CT molecular complexity index is 145. The standard InChI is InChI=1S/C7H12O4/c1-2-7-10-4-5(11-7)3-6(8)9/h5,7H,2-4H2,1H3,(H,8,9). The molecule has 1 aliphatic rings. The van der Waals surface area contributed by atoms with E-state index in [1.165, 1.54) is 0 Å². The Morgan fingerprint density at radius 2 is 2.45 bits per heavy atom. The Hall–Kier alpha value is -0.610. The van der Waals surface area contributed by atoms with E-state index in [0.29, 0.717) is 6.61 Å². The number of carboxylic acids is 1. The summed E-state index contributed by atoms with van der Waals surface area (Å²) in [6.07, 6.45) is 0.365. The van der Waals surface area contributed by atoms with Crippen LogP contribution >= 0.6 is 0 Å². The molecule has 64 valence electrons. The zero-order valence-electron chi connectivity index (χ0n) is 6.45. The lowest BCUT2D eigenvalue weighted by Crippen LogP contribution is -2.16. The average molecular weight is 160 g/mol. The van der Waals surface area contributed by atoms with Crippen LogP contribution in [0.15, 0.2) is 0 Å². The number of carbonyl (C=O) groups is 1. The van der Waals surface area contributed by atoms with E-state index in [9.17, 15) is 4.79 Å². The summed E-state index contributed by atoms with van der Waals surface area (Å²) >= 11 is 0. The maximum absolute atomic E-state index is 10.2. The summed E-state index contributed by atoms with van der Waals surface area (Å²) in [6.45, 7) is 2.35. The van der Waals surface area contributed by atoms with Gasteiger partial charge in [0.15, 0.2) is 6.29 Å². The summed E-state index contributed by atoms with van der Waals surface area (Å²) in [4.78, 5) is 10.2. The van der Waals surface area contributed by atoms with Gasteiger partial charge in [0.2, 0.25) is 0 Å². The van der Waals surface area contributed by atoms with Crippen LogP contribution in [0.2, 0.25) is 0 Å². The first kappa shape index (κ1) is 8.49. The van der Waals surface area contributed by atoms with Crippen LogP contribution in [0, 0.1) is 0 Å². The van der Waals surface area contributed by atoms with Gasteiger partial charge in [-0.25, -0.2) is 0 Å². The van der Waals surface area contributed by atoms with E-state index in [2.05, 4.69) is 0 Å². The van der Waals surface area contributed by atoms with Crippen molar-refractivity contribution in [2.45, 2.75) is 32.2 Å². The van der Waals surface area contributed by atoms with Crippen molar-refractivity contribution in [3.63, 3.8) is 0 Å². The van der Waals surface area contributed by atoms with Crippen LogP contribution in [0.5, 0.6) is 0 Å². The van der Waals surface area contributed by atoms with Gasteiger partial charge in [-0.2, -0.15) is 0 Å². The summed E-state index contributed by atoms with van der Waals surface area (Å²) in [7, 11) is 0. The largest absolute Gasteiger partial charge is 0.481 e. The molecule has 0 bridgehead atoms. The number of rotatable bonds is 3. The third-order valence-electron chi connectivity index (χ3n) is 1.55. The van der Waals surface area contributed by atoms with Gasteiger partial charge in [-0.15, -0.1) is 0 Å². The molecule has 2 atom stereocenters. The Labute approximate surface area is 65.1 Å². The number of carboxylic acid groups (broad SMARTS) is 1. The van der Waals surface area contributed by atoms with Crippen molar-refractivity contribution in [3.8, 4) is 0 Å². The van der Waals surface area contributed by atoms with Gasteiger partial charge < -0.3 is 14.6 Å². The van der Waals surface area contributed by atoms with Crippen LogP contribution in [-0.2, 0) is 14.3 Å². The Morgan fingerprint density at radius 3 is 2.91 bits per heavy atom. The molecular weight excluding hydrogens is 148 g/mol. The van der Waals surface area contributed by atoms with Gasteiger partial charge in [0.25, 0.3) is 0 Å². The molecule has 1 fully saturated rings. The third-order valence-corrected chi connectivity index (χ3v) is 1.55. The van der Waals surface area contributed by atoms with Gasteiger partial charge >= 0.3 is 5.97 Å². The molecule has 0 aromatic rings. The molecule has 1 aliphatic heterocycles. The van der Waals surface area contributed by atoms with E-state index in [1.807, 2.05) is 6.92 Å². The van der Waals surface area contributed by atoms with Crippen molar-refractivity contribution < 1.29 is 19.4 Å². The first-order chi connectivity index (χ1) is 5.22. The second kappa shape index (κ2) is 3.69. The minimum atomic E-state index is -0.838. The van der Waals surface area contributed by atoms with Gasteiger partial charge in [-0.3, -0.25) is 4.79 Å². The number of hydrogen-bond donors (Lipinski definition) is 1. The van der Waals surface area contributed by atoms with Gasteiger partial charge in [-0.1, -0.05) is 6.92 Å². The van der Waals surface area contributed by atoms with Gasteiger partial charge in [-0.05, 0) is 6.42 Å². The van der Waals surface area contributed by atoms with E-state index in [-0.39, 0.29) is 18.8 Å². The second-order valence-corrected chi connectivity index (χ2v) is 2.53. The molecule has 4 heteroatoms. The zero-order valence-corrected chi connectivity index (χ0v) is 6.45. The first-order valence-electron chi connectivity index (χ1n) is 3.71. The molecule has 1 saturated heterocycles. The van der Waals surface area contributed by atoms with E-state index >= 15 is 0 Å². The fourth-order valence-electron chi connectivity index (χ4n) is 1.02. The highest BCUT2D eigenvalue weighted by Crippen LogP contribution is 2.16. The molecule has 0 saturated carbocycles. The van der Waals surface area contributed by atoms with Crippen LogP contribution < -0.4 is 0 Å². The number of aliphatic carboxylic acids is 1. The Balaban J connectivity index is 2.24. The highest BCUT2D eigenvalue weighted by Gasteiger charge is 2.26. The smallest absolute Gasteiger partial charge is 0.306 e. The van der Waals surface area contributed by atoms with Crippen molar-refractivity contribution in [2.24, 2.45) is 0 Å². The van der Waals surface area contributed by atoms with Crippen LogP contribution in [0.25, 0.3) is 0 Å². The molecule has 0 spiro atoms. The monoisotopic (exact) mass is 160 g/mol. The zero-order chi connectivity index (χ0) is 8.27. The predicted molar refractivity (Wildman–Crippen MR) is 37.2 cm³/mol. The maximum Gasteiger partial charge on any atom is 0.306 e. The van der Waals surface area contributed by atoms with E-state index < -0.39 is 5.97 Å². The fourth-order valence-corrected chi connectivity index (χ4v) is 1.02. The summed E-state index contributed by atoms with van der Waals surface area (Å²) in [5, 5.41) is 8.40. The maximum atomic E-state index is 10.2. The van der Waals surface area contributed by atoms with Crippen molar-refractivity contribution in [1.29, 1.82) is 0 Å².